The first kappa shape index (κ1) is 11.7. The third-order valence-corrected chi connectivity index (χ3v) is 1.67. The lowest BCUT2D eigenvalue weighted by Gasteiger charge is -2.19. The lowest BCUT2D eigenvalue weighted by atomic mass is 10.2. The summed E-state index contributed by atoms with van der Waals surface area (Å²) in [6, 6.07) is 1.16. The highest BCUT2D eigenvalue weighted by Gasteiger charge is 2.59. The van der Waals surface area contributed by atoms with Crippen LogP contribution in [0.4, 0.5) is 22.0 Å². The van der Waals surface area contributed by atoms with Crippen LogP contribution in [-0.2, 0) is 5.92 Å². The van der Waals surface area contributed by atoms with Crippen LogP contribution in [-0.4, -0.2) is 11.2 Å². The molecule has 0 unspecified atom stereocenters. The van der Waals surface area contributed by atoms with Crippen molar-refractivity contribution in [2.75, 3.05) is 0 Å². The summed E-state index contributed by atoms with van der Waals surface area (Å²) >= 11 is 0. The van der Waals surface area contributed by atoms with E-state index >= 15 is 0 Å². The average molecular weight is 227 g/mol. The number of rotatable bonds is 1. The van der Waals surface area contributed by atoms with Crippen LogP contribution in [0, 0.1) is 6.92 Å². The first-order valence-corrected chi connectivity index (χ1v) is 3.80. The molecule has 0 radical (unpaired) electrons. The molecule has 1 aromatic heterocycles. The van der Waals surface area contributed by atoms with Gasteiger partial charge in [0.2, 0.25) is 0 Å². The van der Waals surface area contributed by atoms with E-state index in [1.165, 1.54) is 6.92 Å². The minimum Gasteiger partial charge on any atom is -0.357 e. The number of aryl methyl sites for hydroxylation is 1. The highest BCUT2D eigenvalue weighted by Crippen LogP contribution is 2.42. The molecule has 0 saturated carbocycles. The van der Waals surface area contributed by atoms with Crippen molar-refractivity contribution in [1.82, 2.24) is 4.98 Å². The number of nitrogens with one attached hydrogen (secondary N) is 1. The van der Waals surface area contributed by atoms with E-state index in [1.807, 2.05) is 4.98 Å². The minimum absolute atomic E-state index is 0.0542. The standard InChI is InChI=1S/C8H6F5NO/c1-4-2-5(15)3-6(14-4)7(9,10)8(11,12)13/h2-3H,1H3,(H,14,15). The summed E-state index contributed by atoms with van der Waals surface area (Å²) in [4.78, 5) is 12.6. The number of pyridine rings is 1. The van der Waals surface area contributed by atoms with Crippen LogP contribution in [0.5, 0.6) is 0 Å². The zero-order chi connectivity index (χ0) is 11.9. The number of hydrogen-bond acceptors (Lipinski definition) is 1. The monoisotopic (exact) mass is 227 g/mol. The van der Waals surface area contributed by atoms with Crippen LogP contribution >= 0.6 is 0 Å². The van der Waals surface area contributed by atoms with Crippen LogP contribution in [0.1, 0.15) is 11.4 Å². The number of aromatic nitrogens is 1. The summed E-state index contributed by atoms with van der Waals surface area (Å²) in [7, 11) is 0. The fourth-order valence-electron chi connectivity index (χ4n) is 1.00. The van der Waals surface area contributed by atoms with Crippen LogP contribution in [0.2, 0.25) is 0 Å². The molecule has 1 rings (SSSR count). The Balaban J connectivity index is 3.33. The van der Waals surface area contributed by atoms with Crippen LogP contribution in [0.15, 0.2) is 16.9 Å². The van der Waals surface area contributed by atoms with Gasteiger partial charge in [0, 0.05) is 17.8 Å². The van der Waals surface area contributed by atoms with Gasteiger partial charge in [-0.05, 0) is 6.92 Å². The Bertz CT molecular complexity index is 420. The fraction of sp³-hybridized carbons (Fsp3) is 0.375. The molecule has 2 nitrogen and oxygen atoms in total. The molecule has 1 heterocycles. The maximum Gasteiger partial charge on any atom is 0.459 e. The first-order valence-electron chi connectivity index (χ1n) is 3.80. The number of hydrogen-bond donors (Lipinski definition) is 1. The largest absolute Gasteiger partial charge is 0.459 e. The number of aromatic amines is 1. The van der Waals surface area contributed by atoms with Crippen LogP contribution in [0.25, 0.3) is 0 Å². The molecule has 0 atom stereocenters. The summed E-state index contributed by atoms with van der Waals surface area (Å²) in [5.41, 5.74) is -2.40. The second-order valence-corrected chi connectivity index (χ2v) is 2.98. The summed E-state index contributed by atoms with van der Waals surface area (Å²) in [5, 5.41) is 0. The topological polar surface area (TPSA) is 32.9 Å². The van der Waals surface area contributed by atoms with Gasteiger partial charge in [-0.3, -0.25) is 4.79 Å². The highest BCUT2D eigenvalue weighted by atomic mass is 19.4. The third-order valence-electron chi connectivity index (χ3n) is 1.67. The Hall–Kier alpha value is -1.40. The van der Waals surface area contributed by atoms with Gasteiger partial charge in [0.05, 0.1) is 5.69 Å². The Morgan fingerprint density at radius 3 is 2.07 bits per heavy atom. The number of alkyl halides is 5. The van der Waals surface area contributed by atoms with Crippen molar-refractivity contribution in [3.8, 4) is 0 Å². The van der Waals surface area contributed by atoms with Gasteiger partial charge >= 0.3 is 12.1 Å². The van der Waals surface area contributed by atoms with Gasteiger partial charge in [0.15, 0.2) is 5.43 Å². The quantitative estimate of drug-likeness (QED) is 0.734. The van der Waals surface area contributed by atoms with E-state index in [0.29, 0.717) is 0 Å². The van der Waals surface area contributed by atoms with E-state index in [2.05, 4.69) is 0 Å². The summed E-state index contributed by atoms with van der Waals surface area (Å²) in [6.07, 6.45) is -5.72. The molecular formula is C8H6F5NO. The third kappa shape index (κ3) is 2.16. The molecule has 0 aromatic carbocycles. The Morgan fingerprint density at radius 2 is 1.67 bits per heavy atom. The van der Waals surface area contributed by atoms with Crippen molar-refractivity contribution in [2.24, 2.45) is 0 Å². The summed E-state index contributed by atoms with van der Waals surface area (Å²) in [5.74, 6) is -5.04. The van der Waals surface area contributed by atoms with Crippen LogP contribution < -0.4 is 5.43 Å². The van der Waals surface area contributed by atoms with Gasteiger partial charge in [-0.2, -0.15) is 22.0 Å². The molecule has 0 aliphatic carbocycles. The van der Waals surface area contributed by atoms with Crippen LogP contribution in [0.3, 0.4) is 0 Å². The van der Waals surface area contributed by atoms with Gasteiger partial charge < -0.3 is 4.98 Å². The minimum atomic E-state index is -5.72. The SMILES string of the molecule is Cc1cc(=O)cc(C(F)(F)C(F)(F)F)[nH]1. The first-order chi connectivity index (χ1) is 6.64. The predicted molar refractivity (Wildman–Crippen MR) is 41.7 cm³/mol. The molecule has 1 N–H and O–H groups in total. The molecule has 1 aromatic rings. The van der Waals surface area contributed by atoms with Gasteiger partial charge in [-0.15, -0.1) is 0 Å². The van der Waals surface area contributed by atoms with Crippen molar-refractivity contribution >= 4 is 0 Å². The van der Waals surface area contributed by atoms with Gasteiger partial charge in [-0.1, -0.05) is 0 Å². The van der Waals surface area contributed by atoms with Gasteiger partial charge in [0.25, 0.3) is 0 Å². The zero-order valence-corrected chi connectivity index (χ0v) is 7.45. The molecule has 0 amide bonds. The Labute approximate surface area is 80.7 Å². The van der Waals surface area contributed by atoms with E-state index < -0.39 is 23.2 Å². The predicted octanol–water partition coefficient (Wildman–Crippen LogP) is 2.34. The van der Waals surface area contributed by atoms with Gasteiger partial charge in [-0.25, -0.2) is 0 Å². The molecule has 0 bridgehead atoms. The average Bonchev–Trinajstić information content (AvgIpc) is 1.99. The molecule has 7 heteroatoms. The second-order valence-electron chi connectivity index (χ2n) is 2.98. The van der Waals surface area contributed by atoms with Crippen molar-refractivity contribution in [3.05, 3.63) is 33.7 Å². The number of H-pyrrole nitrogens is 1. The van der Waals surface area contributed by atoms with E-state index in [0.717, 1.165) is 6.07 Å². The molecule has 0 spiro atoms. The lowest BCUT2D eigenvalue weighted by Crippen LogP contribution is -2.35. The normalized spacial score (nSPS) is 12.9. The van der Waals surface area contributed by atoms with Gasteiger partial charge in [0.1, 0.15) is 0 Å². The number of halogens is 5. The van der Waals surface area contributed by atoms with E-state index in [1.54, 1.807) is 0 Å². The van der Waals surface area contributed by atoms with E-state index in [9.17, 15) is 26.7 Å². The highest BCUT2D eigenvalue weighted by molar-refractivity contribution is 5.16. The van der Waals surface area contributed by atoms with E-state index in [-0.39, 0.29) is 11.8 Å². The molecule has 0 aliphatic rings. The second kappa shape index (κ2) is 3.32. The molecule has 0 saturated heterocycles. The van der Waals surface area contributed by atoms with Crippen molar-refractivity contribution in [3.63, 3.8) is 0 Å². The van der Waals surface area contributed by atoms with Crippen molar-refractivity contribution < 1.29 is 22.0 Å². The molecular weight excluding hydrogens is 221 g/mol. The molecule has 84 valence electrons. The maximum atomic E-state index is 12.7. The van der Waals surface area contributed by atoms with Crippen molar-refractivity contribution in [2.45, 2.75) is 19.0 Å². The fourth-order valence-corrected chi connectivity index (χ4v) is 1.00. The Morgan fingerprint density at radius 1 is 1.13 bits per heavy atom. The lowest BCUT2D eigenvalue weighted by molar-refractivity contribution is -0.291. The molecule has 0 fully saturated rings. The molecule has 15 heavy (non-hydrogen) atoms. The smallest absolute Gasteiger partial charge is 0.357 e. The summed E-state index contributed by atoms with van der Waals surface area (Å²) in [6.45, 7) is 1.22. The maximum absolute atomic E-state index is 12.7. The summed E-state index contributed by atoms with van der Waals surface area (Å²) < 4.78 is 61.2. The van der Waals surface area contributed by atoms with Crippen molar-refractivity contribution in [1.29, 1.82) is 0 Å². The Kier molecular flexibility index (Phi) is 2.58. The zero-order valence-electron chi connectivity index (χ0n) is 7.45. The van der Waals surface area contributed by atoms with E-state index in [4.69, 9.17) is 0 Å². The molecule has 0 aliphatic heterocycles.